The molecule has 2 aromatic rings. The SMILES string of the molecule is CCNc1nc(N2CCCC(C)(O)CC2)c2ccsc2n1. The van der Waals surface area contributed by atoms with Gasteiger partial charge in [0.05, 0.1) is 11.0 Å². The molecule has 3 rings (SSSR count). The van der Waals surface area contributed by atoms with E-state index in [-0.39, 0.29) is 0 Å². The minimum atomic E-state index is -0.556. The zero-order valence-electron chi connectivity index (χ0n) is 12.6. The minimum absolute atomic E-state index is 0.556. The Labute approximate surface area is 129 Å². The van der Waals surface area contributed by atoms with Gasteiger partial charge in [-0.3, -0.25) is 0 Å². The molecule has 0 saturated carbocycles. The van der Waals surface area contributed by atoms with Gasteiger partial charge in [0, 0.05) is 19.6 Å². The van der Waals surface area contributed by atoms with Crippen LogP contribution in [0.5, 0.6) is 0 Å². The molecular formula is C15H22N4OS. The third kappa shape index (κ3) is 3.11. The van der Waals surface area contributed by atoms with Crippen LogP contribution in [0.4, 0.5) is 11.8 Å². The van der Waals surface area contributed by atoms with Crippen molar-refractivity contribution in [2.24, 2.45) is 0 Å². The predicted octanol–water partition coefficient (Wildman–Crippen LogP) is 2.86. The molecule has 114 valence electrons. The molecule has 0 spiro atoms. The van der Waals surface area contributed by atoms with Crippen molar-refractivity contribution in [3.63, 3.8) is 0 Å². The van der Waals surface area contributed by atoms with Crippen molar-refractivity contribution in [3.05, 3.63) is 11.4 Å². The summed E-state index contributed by atoms with van der Waals surface area (Å²) in [6.45, 7) is 6.56. The second-order valence-corrected chi connectivity index (χ2v) is 6.77. The second kappa shape index (κ2) is 5.77. The number of hydrogen-bond donors (Lipinski definition) is 2. The molecule has 2 aromatic heterocycles. The summed E-state index contributed by atoms with van der Waals surface area (Å²) in [6, 6.07) is 2.09. The van der Waals surface area contributed by atoms with E-state index in [0.29, 0.717) is 5.95 Å². The summed E-state index contributed by atoms with van der Waals surface area (Å²) >= 11 is 1.64. The lowest BCUT2D eigenvalue weighted by Gasteiger charge is -2.24. The molecule has 0 amide bonds. The average Bonchev–Trinajstić information content (AvgIpc) is 2.83. The van der Waals surface area contributed by atoms with E-state index in [2.05, 4.69) is 26.6 Å². The third-order valence-corrected chi connectivity index (χ3v) is 4.81. The second-order valence-electron chi connectivity index (χ2n) is 5.88. The van der Waals surface area contributed by atoms with Gasteiger partial charge in [-0.2, -0.15) is 4.98 Å². The fourth-order valence-electron chi connectivity index (χ4n) is 2.79. The molecule has 1 saturated heterocycles. The lowest BCUT2D eigenvalue weighted by molar-refractivity contribution is 0.0481. The van der Waals surface area contributed by atoms with Gasteiger partial charge in [-0.25, -0.2) is 4.98 Å². The molecule has 1 aliphatic rings. The van der Waals surface area contributed by atoms with Crippen LogP contribution in [0.15, 0.2) is 11.4 Å². The Morgan fingerprint density at radius 1 is 1.38 bits per heavy atom. The van der Waals surface area contributed by atoms with E-state index >= 15 is 0 Å². The quantitative estimate of drug-likeness (QED) is 0.913. The summed E-state index contributed by atoms with van der Waals surface area (Å²) < 4.78 is 0. The summed E-state index contributed by atoms with van der Waals surface area (Å²) in [5, 5.41) is 16.6. The van der Waals surface area contributed by atoms with Gasteiger partial charge in [-0.05, 0) is 44.6 Å². The molecule has 2 N–H and O–H groups in total. The van der Waals surface area contributed by atoms with Crippen LogP contribution in [0.3, 0.4) is 0 Å². The largest absolute Gasteiger partial charge is 0.390 e. The monoisotopic (exact) mass is 306 g/mol. The van der Waals surface area contributed by atoms with Crippen LogP contribution in [0.25, 0.3) is 10.2 Å². The maximum absolute atomic E-state index is 10.3. The van der Waals surface area contributed by atoms with Gasteiger partial charge in [0.15, 0.2) is 0 Å². The molecule has 1 unspecified atom stereocenters. The Kier molecular flexibility index (Phi) is 3.99. The number of nitrogens with one attached hydrogen (secondary N) is 1. The predicted molar refractivity (Wildman–Crippen MR) is 88.3 cm³/mol. The zero-order valence-corrected chi connectivity index (χ0v) is 13.4. The van der Waals surface area contributed by atoms with Gasteiger partial charge in [0.1, 0.15) is 10.6 Å². The number of nitrogens with zero attached hydrogens (tertiary/aromatic N) is 3. The maximum atomic E-state index is 10.3. The fourth-order valence-corrected chi connectivity index (χ4v) is 3.55. The van der Waals surface area contributed by atoms with Crippen molar-refractivity contribution in [1.82, 2.24) is 9.97 Å². The first-order valence-corrected chi connectivity index (χ1v) is 8.43. The molecule has 1 atom stereocenters. The Hall–Kier alpha value is -1.40. The highest BCUT2D eigenvalue weighted by molar-refractivity contribution is 7.16. The molecule has 6 heteroatoms. The summed E-state index contributed by atoms with van der Waals surface area (Å²) in [5.74, 6) is 1.69. The van der Waals surface area contributed by atoms with E-state index in [9.17, 15) is 5.11 Å². The van der Waals surface area contributed by atoms with Crippen LogP contribution in [-0.4, -0.2) is 40.3 Å². The molecule has 0 aliphatic carbocycles. The number of thiophene rings is 1. The van der Waals surface area contributed by atoms with Crippen molar-refractivity contribution in [2.45, 2.75) is 38.7 Å². The molecule has 5 nitrogen and oxygen atoms in total. The summed E-state index contributed by atoms with van der Waals surface area (Å²) in [5.41, 5.74) is -0.556. The van der Waals surface area contributed by atoms with Crippen molar-refractivity contribution in [2.75, 3.05) is 29.9 Å². The van der Waals surface area contributed by atoms with E-state index in [1.54, 1.807) is 11.3 Å². The number of fused-ring (bicyclic) bond motifs is 1. The van der Waals surface area contributed by atoms with Crippen LogP contribution in [0.2, 0.25) is 0 Å². The normalized spacial score (nSPS) is 23.3. The fraction of sp³-hybridized carbons (Fsp3) is 0.600. The maximum Gasteiger partial charge on any atom is 0.226 e. The number of rotatable bonds is 3. The first kappa shape index (κ1) is 14.5. The summed E-state index contributed by atoms with van der Waals surface area (Å²) in [6.07, 6.45) is 2.61. The number of hydrogen-bond acceptors (Lipinski definition) is 6. The highest BCUT2D eigenvalue weighted by Gasteiger charge is 2.26. The van der Waals surface area contributed by atoms with E-state index in [4.69, 9.17) is 4.98 Å². The van der Waals surface area contributed by atoms with Gasteiger partial charge < -0.3 is 15.3 Å². The molecule has 3 heterocycles. The molecule has 1 fully saturated rings. The molecule has 21 heavy (non-hydrogen) atoms. The average molecular weight is 306 g/mol. The van der Waals surface area contributed by atoms with Crippen molar-refractivity contribution >= 4 is 33.3 Å². The number of anilines is 2. The molecule has 0 radical (unpaired) electrons. The van der Waals surface area contributed by atoms with Crippen LogP contribution in [0, 0.1) is 0 Å². The zero-order chi connectivity index (χ0) is 14.9. The van der Waals surface area contributed by atoms with Gasteiger partial charge >= 0.3 is 0 Å². The smallest absolute Gasteiger partial charge is 0.226 e. The van der Waals surface area contributed by atoms with E-state index in [0.717, 1.165) is 54.9 Å². The molecule has 0 bridgehead atoms. The van der Waals surface area contributed by atoms with E-state index in [1.807, 2.05) is 13.8 Å². The molecular weight excluding hydrogens is 284 g/mol. The van der Waals surface area contributed by atoms with Gasteiger partial charge in [-0.15, -0.1) is 11.3 Å². The summed E-state index contributed by atoms with van der Waals surface area (Å²) in [7, 11) is 0. The summed E-state index contributed by atoms with van der Waals surface area (Å²) in [4.78, 5) is 12.6. The standard InChI is InChI=1S/C15H22N4OS/c1-3-16-14-17-12(11-5-10-21-13(11)18-14)19-8-4-6-15(2,20)7-9-19/h5,10,20H,3-4,6-9H2,1-2H3,(H,16,17,18). The lowest BCUT2D eigenvalue weighted by atomic mass is 9.98. The highest BCUT2D eigenvalue weighted by Crippen LogP contribution is 2.32. The van der Waals surface area contributed by atoms with Crippen molar-refractivity contribution in [3.8, 4) is 0 Å². The number of aromatic nitrogens is 2. The Morgan fingerprint density at radius 2 is 2.24 bits per heavy atom. The van der Waals surface area contributed by atoms with Crippen molar-refractivity contribution in [1.29, 1.82) is 0 Å². The minimum Gasteiger partial charge on any atom is -0.390 e. The van der Waals surface area contributed by atoms with Gasteiger partial charge in [0.2, 0.25) is 5.95 Å². The van der Waals surface area contributed by atoms with Crippen LogP contribution < -0.4 is 10.2 Å². The van der Waals surface area contributed by atoms with E-state index in [1.165, 1.54) is 0 Å². The third-order valence-electron chi connectivity index (χ3n) is 4.00. The van der Waals surface area contributed by atoms with Crippen LogP contribution in [0.1, 0.15) is 33.1 Å². The lowest BCUT2D eigenvalue weighted by Crippen LogP contribution is -2.29. The number of aliphatic hydroxyl groups is 1. The van der Waals surface area contributed by atoms with Gasteiger partial charge in [-0.1, -0.05) is 0 Å². The Balaban J connectivity index is 1.96. The van der Waals surface area contributed by atoms with Crippen LogP contribution in [-0.2, 0) is 0 Å². The first-order chi connectivity index (χ1) is 10.1. The molecule has 0 aromatic carbocycles. The first-order valence-electron chi connectivity index (χ1n) is 7.55. The topological polar surface area (TPSA) is 61.3 Å². The Bertz CT molecular complexity index is 625. The Morgan fingerprint density at radius 3 is 3.05 bits per heavy atom. The van der Waals surface area contributed by atoms with E-state index < -0.39 is 5.60 Å². The highest BCUT2D eigenvalue weighted by atomic mass is 32.1. The van der Waals surface area contributed by atoms with Gasteiger partial charge in [0.25, 0.3) is 0 Å². The van der Waals surface area contributed by atoms with Crippen LogP contribution >= 0.6 is 11.3 Å². The molecule has 1 aliphatic heterocycles. The van der Waals surface area contributed by atoms with Crippen molar-refractivity contribution < 1.29 is 5.11 Å².